The Morgan fingerprint density at radius 1 is 1.15 bits per heavy atom. The maximum absolute atomic E-state index is 13.7. The fourth-order valence-corrected chi connectivity index (χ4v) is 5.63. The molecule has 1 amide bonds. The molecule has 1 aromatic heterocycles. The maximum Gasteiger partial charge on any atom is 0.231 e. The average molecular weight is 563 g/mol. The number of hydrogen-bond acceptors (Lipinski definition) is 4. The molecule has 3 atom stereocenters. The van der Waals surface area contributed by atoms with E-state index in [0.29, 0.717) is 6.54 Å². The van der Waals surface area contributed by atoms with Crippen LogP contribution in [-0.4, -0.2) is 15.5 Å². The number of aryl methyl sites for hydroxylation is 2. The second-order valence-electron chi connectivity index (χ2n) is 10.2. The molecule has 0 spiro atoms. The number of nitrogens with zero attached hydrogens (tertiary/aromatic N) is 3. The number of thiol groups is 1. The van der Waals surface area contributed by atoms with E-state index in [9.17, 15) is 9.18 Å². The number of amides is 1. The number of anilines is 1. The molecular formula is C31H32ClFN4OS. The maximum atomic E-state index is 13.7. The van der Waals surface area contributed by atoms with Crippen LogP contribution in [0.25, 0.3) is 0 Å². The molecule has 2 aliphatic rings. The van der Waals surface area contributed by atoms with Gasteiger partial charge in [-0.25, -0.2) is 9.37 Å². The Morgan fingerprint density at radius 3 is 2.62 bits per heavy atom. The van der Waals surface area contributed by atoms with Crippen molar-refractivity contribution in [2.24, 2.45) is 18.7 Å². The normalized spacial score (nSPS) is 19.5. The van der Waals surface area contributed by atoms with Gasteiger partial charge in [0.1, 0.15) is 11.6 Å². The molecule has 0 aliphatic heterocycles. The number of hydrogen-bond donors (Lipinski definition) is 2. The molecule has 5 nitrogen and oxygen atoms in total. The average Bonchev–Trinajstić information content (AvgIpc) is 3.63. The molecule has 3 aromatic carbocycles. The minimum Gasteiger partial charge on any atom is -0.337 e. The van der Waals surface area contributed by atoms with Crippen molar-refractivity contribution in [1.29, 1.82) is 0 Å². The number of benzene rings is 3. The predicted molar refractivity (Wildman–Crippen MR) is 157 cm³/mol. The third kappa shape index (κ3) is 6.38. The molecule has 0 saturated heterocycles. The zero-order chi connectivity index (χ0) is 27.5. The number of halogens is 2. The summed E-state index contributed by atoms with van der Waals surface area (Å²) in [7, 11) is 1.96. The quantitative estimate of drug-likeness (QED) is 0.261. The minimum absolute atomic E-state index is 0.0330. The van der Waals surface area contributed by atoms with E-state index >= 15 is 0 Å². The fourth-order valence-electron chi connectivity index (χ4n) is 5.21. The first-order valence-corrected chi connectivity index (χ1v) is 14.0. The van der Waals surface area contributed by atoms with Crippen LogP contribution in [0.1, 0.15) is 53.7 Å². The Balaban J connectivity index is 0.000000332. The van der Waals surface area contributed by atoms with E-state index in [1.807, 2.05) is 47.0 Å². The van der Waals surface area contributed by atoms with Crippen molar-refractivity contribution >= 4 is 35.8 Å². The molecule has 1 fully saturated rings. The first-order valence-electron chi connectivity index (χ1n) is 13.2. The second-order valence-corrected chi connectivity index (χ2v) is 11.1. The van der Waals surface area contributed by atoms with Gasteiger partial charge in [0.15, 0.2) is 0 Å². The van der Waals surface area contributed by atoms with Crippen molar-refractivity contribution < 1.29 is 9.18 Å². The molecule has 4 aromatic rings. The molecule has 1 saturated carbocycles. The Bertz CT molecular complexity index is 1440. The molecule has 202 valence electrons. The summed E-state index contributed by atoms with van der Waals surface area (Å²) >= 11 is 10.4. The second kappa shape index (κ2) is 11.9. The third-order valence-corrected chi connectivity index (χ3v) is 8.17. The summed E-state index contributed by atoms with van der Waals surface area (Å²) < 4.78 is 14.0. The van der Waals surface area contributed by atoms with Crippen molar-refractivity contribution in [3.8, 4) is 0 Å². The first kappa shape index (κ1) is 27.4. The molecule has 0 radical (unpaired) electrons. The van der Waals surface area contributed by atoms with Crippen molar-refractivity contribution in [2.45, 2.75) is 49.1 Å². The lowest BCUT2D eigenvalue weighted by Gasteiger charge is -2.27. The van der Waals surface area contributed by atoms with E-state index in [-0.39, 0.29) is 29.6 Å². The van der Waals surface area contributed by atoms with Crippen LogP contribution in [0, 0.1) is 11.7 Å². The molecule has 0 bridgehead atoms. The standard InChI is InChI=1S/C25H27ClN4O.C6H5FS/c1-29-12-11-28-24(29)15-30(17-10-9-16-5-4-8-23(27)19(16)13-17)25(31)21-14-20(21)18-6-2-3-7-22(18)26;7-5-1-3-6(8)4-2-5/h2-3,6-7,9-13,20-21,23H,4-5,8,14-15,27H2,1H3;1-4,8H. The topological polar surface area (TPSA) is 64.2 Å². The SMILES string of the molecule is Cn1ccnc1CN(C(=O)C1CC1c1ccccc1Cl)c1ccc2c(c1)C(N)CCC2.Fc1ccc(S)cc1. The lowest BCUT2D eigenvalue weighted by molar-refractivity contribution is -0.120. The van der Waals surface area contributed by atoms with Gasteiger partial charge in [-0.15, -0.1) is 12.6 Å². The number of fused-ring (bicyclic) bond motifs is 1. The highest BCUT2D eigenvalue weighted by Gasteiger charge is 2.47. The Hall–Kier alpha value is -3.13. The smallest absolute Gasteiger partial charge is 0.231 e. The predicted octanol–water partition coefficient (Wildman–Crippen LogP) is 6.86. The van der Waals surface area contributed by atoms with Gasteiger partial charge >= 0.3 is 0 Å². The number of rotatable bonds is 5. The van der Waals surface area contributed by atoms with E-state index in [0.717, 1.165) is 52.7 Å². The third-order valence-electron chi connectivity index (χ3n) is 7.53. The van der Waals surface area contributed by atoms with Crippen LogP contribution in [-0.2, 0) is 24.8 Å². The van der Waals surface area contributed by atoms with Gasteiger partial charge in [0.2, 0.25) is 5.91 Å². The molecule has 2 N–H and O–H groups in total. The minimum atomic E-state index is -0.220. The zero-order valence-corrected chi connectivity index (χ0v) is 23.5. The summed E-state index contributed by atoms with van der Waals surface area (Å²) in [6.07, 6.45) is 7.65. The van der Waals surface area contributed by atoms with E-state index in [1.165, 1.54) is 23.3 Å². The molecule has 1 heterocycles. The van der Waals surface area contributed by atoms with E-state index < -0.39 is 0 Å². The highest BCUT2D eigenvalue weighted by atomic mass is 35.5. The van der Waals surface area contributed by atoms with Crippen molar-refractivity contribution in [2.75, 3.05) is 4.90 Å². The Labute approximate surface area is 239 Å². The summed E-state index contributed by atoms with van der Waals surface area (Å²) in [5, 5.41) is 0.734. The van der Waals surface area contributed by atoms with Gasteiger partial charge < -0.3 is 15.2 Å². The lowest BCUT2D eigenvalue weighted by atomic mass is 9.88. The van der Waals surface area contributed by atoms with Crippen LogP contribution in [0.4, 0.5) is 10.1 Å². The van der Waals surface area contributed by atoms with Gasteiger partial charge in [-0.05, 0) is 90.8 Å². The molecule has 6 rings (SSSR count). The first-order chi connectivity index (χ1) is 18.8. The number of aromatic nitrogens is 2. The lowest BCUT2D eigenvalue weighted by Crippen LogP contribution is -2.33. The summed E-state index contributed by atoms with van der Waals surface area (Å²) in [6, 6.07) is 20.2. The Morgan fingerprint density at radius 2 is 1.92 bits per heavy atom. The molecule has 3 unspecified atom stereocenters. The van der Waals surface area contributed by atoms with Gasteiger partial charge in [-0.2, -0.15) is 0 Å². The van der Waals surface area contributed by atoms with E-state index in [4.69, 9.17) is 17.3 Å². The molecule has 39 heavy (non-hydrogen) atoms. The van der Waals surface area contributed by atoms with Crippen LogP contribution in [0.15, 0.2) is 84.0 Å². The number of nitrogens with two attached hydrogens (primary N) is 1. The summed E-state index contributed by atoms with van der Waals surface area (Å²) in [4.78, 5) is 20.8. The van der Waals surface area contributed by atoms with Gasteiger partial charge in [0.25, 0.3) is 0 Å². The van der Waals surface area contributed by atoms with Crippen molar-refractivity contribution in [1.82, 2.24) is 9.55 Å². The number of imidazole rings is 1. The van der Waals surface area contributed by atoms with Crippen LogP contribution in [0.3, 0.4) is 0 Å². The Kier molecular flexibility index (Phi) is 8.40. The summed E-state index contributed by atoms with van der Waals surface area (Å²) in [6.45, 7) is 0.433. The fraction of sp³-hybridized carbons (Fsp3) is 0.290. The molecular weight excluding hydrogens is 531 g/mol. The van der Waals surface area contributed by atoms with Crippen LogP contribution >= 0.6 is 24.2 Å². The number of carbonyl (C=O) groups is 1. The molecule has 8 heteroatoms. The van der Waals surface area contributed by atoms with E-state index in [1.54, 1.807) is 18.3 Å². The zero-order valence-electron chi connectivity index (χ0n) is 21.8. The number of carbonyl (C=O) groups excluding carboxylic acids is 1. The summed E-state index contributed by atoms with van der Waals surface area (Å²) in [5.41, 5.74) is 10.8. The van der Waals surface area contributed by atoms with Gasteiger partial charge in [-0.1, -0.05) is 35.9 Å². The van der Waals surface area contributed by atoms with Crippen molar-refractivity contribution in [3.05, 3.63) is 112 Å². The van der Waals surface area contributed by atoms with Gasteiger partial charge in [0, 0.05) is 47.0 Å². The molecule has 2 aliphatic carbocycles. The van der Waals surface area contributed by atoms with Crippen LogP contribution in [0.5, 0.6) is 0 Å². The summed E-state index contributed by atoms with van der Waals surface area (Å²) in [5.74, 6) is 0.861. The van der Waals surface area contributed by atoms with E-state index in [2.05, 4.69) is 35.8 Å². The van der Waals surface area contributed by atoms with Crippen LogP contribution < -0.4 is 10.6 Å². The van der Waals surface area contributed by atoms with Crippen molar-refractivity contribution in [3.63, 3.8) is 0 Å². The highest BCUT2D eigenvalue weighted by Crippen LogP contribution is 2.51. The van der Waals surface area contributed by atoms with Gasteiger partial charge in [0.05, 0.1) is 6.54 Å². The highest BCUT2D eigenvalue weighted by molar-refractivity contribution is 7.80. The monoisotopic (exact) mass is 562 g/mol. The van der Waals surface area contributed by atoms with Gasteiger partial charge in [-0.3, -0.25) is 4.79 Å². The van der Waals surface area contributed by atoms with Crippen LogP contribution in [0.2, 0.25) is 5.02 Å². The largest absolute Gasteiger partial charge is 0.337 e.